The minimum Gasteiger partial charge on any atom is -0.489 e. The molecule has 0 amide bonds. The summed E-state index contributed by atoms with van der Waals surface area (Å²) < 4.78 is 8.15. The fraction of sp³-hybridized carbons (Fsp3) is 0.588. The Labute approximate surface area is 131 Å². The number of para-hydroxylation sites is 1. The summed E-state index contributed by atoms with van der Waals surface area (Å²) in [6.45, 7) is 5.08. The Balaban J connectivity index is 1.93. The summed E-state index contributed by atoms with van der Waals surface area (Å²) in [7, 11) is 0. The molecule has 2 aromatic rings. The van der Waals surface area contributed by atoms with Crippen molar-refractivity contribution >= 4 is 22.6 Å². The lowest BCUT2D eigenvalue weighted by atomic mass is 9.83. The molecule has 3 nitrogen and oxygen atoms in total. The minimum atomic E-state index is 0.148. The van der Waals surface area contributed by atoms with E-state index < -0.39 is 0 Å². The number of rotatable bonds is 6. The number of alkyl halides is 1. The average Bonchev–Trinajstić information content (AvgIpc) is 2.76. The van der Waals surface area contributed by atoms with Gasteiger partial charge in [-0.2, -0.15) is 0 Å². The van der Waals surface area contributed by atoms with E-state index in [4.69, 9.17) is 21.3 Å². The normalized spacial score (nSPS) is 15.6. The van der Waals surface area contributed by atoms with Crippen LogP contribution in [0, 0.1) is 5.92 Å². The Bertz CT molecular complexity index is 617. The highest BCUT2D eigenvalue weighted by Gasteiger charge is 2.19. The van der Waals surface area contributed by atoms with Crippen LogP contribution in [0.4, 0.5) is 0 Å². The second-order valence-corrected chi connectivity index (χ2v) is 6.46. The van der Waals surface area contributed by atoms with Crippen molar-refractivity contribution in [1.29, 1.82) is 0 Å². The van der Waals surface area contributed by atoms with Crippen LogP contribution >= 0.6 is 11.6 Å². The predicted molar refractivity (Wildman–Crippen MR) is 87.0 cm³/mol. The molecule has 0 atom stereocenters. The fourth-order valence-corrected chi connectivity index (χ4v) is 3.17. The number of fused-ring (bicyclic) bond motifs is 1. The van der Waals surface area contributed by atoms with Crippen molar-refractivity contribution in [3.63, 3.8) is 0 Å². The van der Waals surface area contributed by atoms with Crippen LogP contribution in [0.3, 0.4) is 0 Å². The van der Waals surface area contributed by atoms with E-state index in [-0.39, 0.29) is 6.10 Å². The van der Waals surface area contributed by atoms with E-state index in [9.17, 15) is 0 Å². The number of imidazole rings is 1. The van der Waals surface area contributed by atoms with Crippen LogP contribution in [0.2, 0.25) is 0 Å². The van der Waals surface area contributed by atoms with E-state index >= 15 is 0 Å². The van der Waals surface area contributed by atoms with E-state index in [2.05, 4.69) is 10.6 Å². The summed E-state index contributed by atoms with van der Waals surface area (Å²) in [6.07, 6.45) is 5.53. The monoisotopic (exact) mass is 306 g/mol. The van der Waals surface area contributed by atoms with Crippen LogP contribution in [0.5, 0.6) is 5.75 Å². The van der Waals surface area contributed by atoms with Crippen molar-refractivity contribution in [2.24, 2.45) is 5.92 Å². The Morgan fingerprint density at radius 3 is 2.81 bits per heavy atom. The van der Waals surface area contributed by atoms with Gasteiger partial charge in [0, 0.05) is 6.54 Å². The summed E-state index contributed by atoms with van der Waals surface area (Å²) in [6, 6.07) is 6.15. The Hall–Kier alpha value is -1.22. The maximum absolute atomic E-state index is 6.10. The standard InChI is InChI=1S/C17H23ClN2O/c1-12(2)21-15-8-4-7-14-17(15)19-16(11-18)20(14)10-9-13-5-3-6-13/h4,7-8,12-13H,3,5-6,9-11H2,1-2H3. The van der Waals surface area contributed by atoms with Crippen LogP contribution in [-0.4, -0.2) is 15.7 Å². The van der Waals surface area contributed by atoms with Gasteiger partial charge >= 0.3 is 0 Å². The van der Waals surface area contributed by atoms with Crippen LogP contribution < -0.4 is 4.74 Å². The summed E-state index contributed by atoms with van der Waals surface area (Å²) in [4.78, 5) is 4.71. The van der Waals surface area contributed by atoms with Gasteiger partial charge in [0.25, 0.3) is 0 Å². The highest BCUT2D eigenvalue weighted by atomic mass is 35.5. The lowest BCUT2D eigenvalue weighted by molar-refractivity contribution is 0.245. The van der Waals surface area contributed by atoms with Crippen molar-refractivity contribution in [2.45, 2.75) is 58.1 Å². The van der Waals surface area contributed by atoms with Gasteiger partial charge in [-0.25, -0.2) is 4.98 Å². The van der Waals surface area contributed by atoms with Crippen LogP contribution in [0.1, 0.15) is 45.4 Å². The third-order valence-electron chi connectivity index (χ3n) is 4.29. The molecule has 3 rings (SSSR count). The molecular weight excluding hydrogens is 284 g/mol. The van der Waals surface area contributed by atoms with Crippen molar-refractivity contribution in [3.8, 4) is 5.75 Å². The summed E-state index contributed by atoms with van der Waals surface area (Å²) in [5.41, 5.74) is 2.08. The SMILES string of the molecule is CC(C)Oc1cccc2c1nc(CCl)n2CCC1CCC1. The highest BCUT2D eigenvalue weighted by Crippen LogP contribution is 2.32. The van der Waals surface area contributed by atoms with Crippen LogP contribution in [0.25, 0.3) is 11.0 Å². The maximum atomic E-state index is 6.10. The molecule has 0 bridgehead atoms. The molecule has 1 saturated carbocycles. The van der Waals surface area contributed by atoms with Crippen molar-refractivity contribution in [2.75, 3.05) is 0 Å². The summed E-state index contributed by atoms with van der Waals surface area (Å²) in [5.74, 6) is 3.14. The predicted octanol–water partition coefficient (Wildman–Crippen LogP) is 4.75. The molecule has 1 fully saturated rings. The first-order valence-electron chi connectivity index (χ1n) is 7.89. The molecule has 4 heteroatoms. The molecule has 0 spiro atoms. The topological polar surface area (TPSA) is 27.1 Å². The highest BCUT2D eigenvalue weighted by molar-refractivity contribution is 6.16. The quantitative estimate of drug-likeness (QED) is 0.720. The molecule has 114 valence electrons. The third kappa shape index (κ3) is 3.03. The average molecular weight is 307 g/mol. The van der Waals surface area contributed by atoms with Crippen LogP contribution in [-0.2, 0) is 12.4 Å². The first kappa shape index (κ1) is 14.7. The van der Waals surface area contributed by atoms with Gasteiger partial charge in [0.2, 0.25) is 0 Å². The smallest absolute Gasteiger partial charge is 0.147 e. The van der Waals surface area contributed by atoms with Crippen molar-refractivity contribution in [1.82, 2.24) is 9.55 Å². The molecule has 0 N–H and O–H groups in total. The Morgan fingerprint density at radius 1 is 1.38 bits per heavy atom. The number of aryl methyl sites for hydroxylation is 1. The van der Waals surface area contributed by atoms with E-state index in [1.165, 1.54) is 25.7 Å². The number of aromatic nitrogens is 2. The van der Waals surface area contributed by atoms with E-state index in [1.54, 1.807) is 0 Å². The van der Waals surface area contributed by atoms with Crippen LogP contribution in [0.15, 0.2) is 18.2 Å². The number of halogens is 1. The lowest BCUT2D eigenvalue weighted by Gasteiger charge is -2.25. The Morgan fingerprint density at radius 2 is 2.19 bits per heavy atom. The van der Waals surface area contributed by atoms with Gasteiger partial charge in [-0.1, -0.05) is 25.3 Å². The first-order chi connectivity index (χ1) is 10.2. The second kappa shape index (κ2) is 6.27. The summed E-state index contributed by atoms with van der Waals surface area (Å²) >= 11 is 6.10. The molecule has 1 aromatic carbocycles. The van der Waals surface area contributed by atoms with Gasteiger partial charge < -0.3 is 9.30 Å². The fourth-order valence-electron chi connectivity index (χ4n) is 2.96. The molecule has 0 saturated heterocycles. The van der Waals surface area contributed by atoms with Crippen molar-refractivity contribution < 1.29 is 4.74 Å². The van der Waals surface area contributed by atoms with E-state index in [1.807, 2.05) is 26.0 Å². The molecule has 0 aliphatic heterocycles. The van der Waals surface area contributed by atoms with Gasteiger partial charge in [0.15, 0.2) is 0 Å². The molecule has 0 radical (unpaired) electrons. The van der Waals surface area contributed by atoms with Gasteiger partial charge in [0.1, 0.15) is 17.1 Å². The molecule has 1 aliphatic rings. The zero-order chi connectivity index (χ0) is 14.8. The molecule has 21 heavy (non-hydrogen) atoms. The third-order valence-corrected chi connectivity index (χ3v) is 4.53. The molecule has 1 aliphatic carbocycles. The van der Waals surface area contributed by atoms with Gasteiger partial charge in [-0.05, 0) is 38.3 Å². The zero-order valence-electron chi connectivity index (χ0n) is 12.8. The second-order valence-electron chi connectivity index (χ2n) is 6.19. The van der Waals surface area contributed by atoms with Gasteiger partial charge in [-0.3, -0.25) is 0 Å². The number of nitrogens with zero attached hydrogens (tertiary/aromatic N) is 2. The molecule has 1 heterocycles. The number of ether oxygens (including phenoxy) is 1. The lowest BCUT2D eigenvalue weighted by Crippen LogP contribution is -2.14. The van der Waals surface area contributed by atoms with Gasteiger partial charge in [0.05, 0.1) is 17.5 Å². The number of benzene rings is 1. The zero-order valence-corrected chi connectivity index (χ0v) is 13.6. The van der Waals surface area contributed by atoms with E-state index in [0.717, 1.165) is 35.1 Å². The molecular formula is C17H23ClN2O. The Kier molecular flexibility index (Phi) is 4.39. The van der Waals surface area contributed by atoms with Crippen molar-refractivity contribution in [3.05, 3.63) is 24.0 Å². The number of hydrogen-bond donors (Lipinski definition) is 0. The summed E-state index contributed by atoms with van der Waals surface area (Å²) in [5, 5.41) is 0. The minimum absolute atomic E-state index is 0.148. The van der Waals surface area contributed by atoms with E-state index in [0.29, 0.717) is 5.88 Å². The maximum Gasteiger partial charge on any atom is 0.147 e. The van der Waals surface area contributed by atoms with Gasteiger partial charge in [-0.15, -0.1) is 11.6 Å². The first-order valence-corrected chi connectivity index (χ1v) is 8.43. The number of hydrogen-bond acceptors (Lipinski definition) is 2. The molecule has 1 aromatic heterocycles. The largest absolute Gasteiger partial charge is 0.489 e. The molecule has 0 unspecified atom stereocenters.